The maximum Gasteiger partial charge on any atom is 0.416 e. The van der Waals surface area contributed by atoms with E-state index in [-0.39, 0.29) is 12.2 Å². The number of halogens is 3. The predicted octanol–water partition coefficient (Wildman–Crippen LogP) is 4.10. The molecule has 0 saturated carbocycles. The molecule has 110 valence electrons. The van der Waals surface area contributed by atoms with Crippen LogP contribution in [0.2, 0.25) is 0 Å². The molecule has 21 heavy (non-hydrogen) atoms. The number of carbonyl (C=O) groups excluding carboxylic acids is 1. The van der Waals surface area contributed by atoms with Gasteiger partial charge < -0.3 is 4.74 Å². The Morgan fingerprint density at radius 2 is 1.57 bits per heavy atom. The van der Waals surface area contributed by atoms with Gasteiger partial charge in [0.1, 0.15) is 0 Å². The molecule has 2 aromatic rings. The van der Waals surface area contributed by atoms with Crippen LogP contribution in [0.3, 0.4) is 0 Å². The van der Waals surface area contributed by atoms with Gasteiger partial charge in [0, 0.05) is 6.42 Å². The minimum absolute atomic E-state index is 0.107. The number of hydrogen-bond acceptors (Lipinski definition) is 2. The Morgan fingerprint density at radius 1 is 0.952 bits per heavy atom. The molecular formula is C16H13F3O2. The lowest BCUT2D eigenvalue weighted by atomic mass is 10.1. The van der Waals surface area contributed by atoms with Gasteiger partial charge in [-0.05, 0) is 29.8 Å². The Balaban J connectivity index is 1.89. The van der Waals surface area contributed by atoms with E-state index in [2.05, 4.69) is 0 Å². The maximum absolute atomic E-state index is 12.4. The van der Waals surface area contributed by atoms with Crippen molar-refractivity contribution in [3.05, 3.63) is 71.3 Å². The van der Waals surface area contributed by atoms with Crippen molar-refractivity contribution in [1.82, 2.24) is 0 Å². The molecule has 0 saturated heterocycles. The third-order valence-corrected chi connectivity index (χ3v) is 2.91. The highest BCUT2D eigenvalue weighted by Crippen LogP contribution is 2.29. The van der Waals surface area contributed by atoms with Gasteiger partial charge in [0.15, 0.2) is 0 Å². The maximum atomic E-state index is 12.4. The first-order chi connectivity index (χ1) is 9.97. The molecule has 0 amide bonds. The summed E-state index contributed by atoms with van der Waals surface area (Å²) < 4.78 is 42.2. The largest absolute Gasteiger partial charge is 0.462 e. The van der Waals surface area contributed by atoms with Crippen molar-refractivity contribution in [3.8, 4) is 0 Å². The minimum atomic E-state index is -4.41. The molecule has 5 heteroatoms. The quantitative estimate of drug-likeness (QED) is 0.793. The van der Waals surface area contributed by atoms with Gasteiger partial charge in [-0.2, -0.15) is 13.2 Å². The molecule has 0 unspecified atom stereocenters. The van der Waals surface area contributed by atoms with Crippen LogP contribution >= 0.6 is 0 Å². The normalized spacial score (nSPS) is 11.2. The van der Waals surface area contributed by atoms with Crippen molar-refractivity contribution >= 4 is 5.97 Å². The minimum Gasteiger partial charge on any atom is -0.462 e. The third kappa shape index (κ3) is 4.34. The van der Waals surface area contributed by atoms with Gasteiger partial charge in [0.2, 0.25) is 0 Å². The van der Waals surface area contributed by atoms with Crippen molar-refractivity contribution in [2.75, 3.05) is 6.61 Å². The topological polar surface area (TPSA) is 26.3 Å². The van der Waals surface area contributed by atoms with Crippen LogP contribution in [-0.2, 0) is 17.3 Å². The highest BCUT2D eigenvalue weighted by molar-refractivity contribution is 5.89. The number of benzene rings is 2. The van der Waals surface area contributed by atoms with Crippen molar-refractivity contribution in [2.24, 2.45) is 0 Å². The van der Waals surface area contributed by atoms with E-state index in [1.54, 1.807) is 0 Å². The summed E-state index contributed by atoms with van der Waals surface area (Å²) >= 11 is 0. The second-order valence-corrected chi connectivity index (χ2v) is 4.45. The summed E-state index contributed by atoms with van der Waals surface area (Å²) in [6.07, 6.45) is -3.84. The van der Waals surface area contributed by atoms with Gasteiger partial charge in [0.05, 0.1) is 17.7 Å². The zero-order chi connectivity index (χ0) is 15.3. The molecule has 0 N–H and O–H groups in total. The van der Waals surface area contributed by atoms with E-state index >= 15 is 0 Å². The van der Waals surface area contributed by atoms with E-state index in [9.17, 15) is 18.0 Å². The average Bonchev–Trinajstić information content (AvgIpc) is 2.47. The first kappa shape index (κ1) is 15.1. The molecule has 2 aromatic carbocycles. The number of esters is 1. The molecule has 0 bridgehead atoms. The monoisotopic (exact) mass is 294 g/mol. The Hall–Kier alpha value is -2.30. The zero-order valence-corrected chi connectivity index (χ0v) is 11.1. The second kappa shape index (κ2) is 6.43. The van der Waals surface area contributed by atoms with Gasteiger partial charge in [-0.1, -0.05) is 30.3 Å². The molecule has 0 fully saturated rings. The van der Waals surface area contributed by atoms with Crippen LogP contribution in [0.25, 0.3) is 0 Å². The summed E-state index contributed by atoms with van der Waals surface area (Å²) in [7, 11) is 0. The molecular weight excluding hydrogens is 281 g/mol. The molecule has 2 rings (SSSR count). The summed E-state index contributed by atoms with van der Waals surface area (Å²) in [6.45, 7) is 0.184. The highest BCUT2D eigenvalue weighted by atomic mass is 19.4. The van der Waals surface area contributed by atoms with E-state index in [4.69, 9.17) is 4.74 Å². The van der Waals surface area contributed by atoms with Gasteiger partial charge in [0.25, 0.3) is 0 Å². The molecule has 0 spiro atoms. The molecule has 0 aromatic heterocycles. The van der Waals surface area contributed by atoms with Crippen LogP contribution in [0, 0.1) is 0 Å². The molecule has 0 heterocycles. The van der Waals surface area contributed by atoms with Gasteiger partial charge >= 0.3 is 12.1 Å². The fourth-order valence-corrected chi connectivity index (χ4v) is 1.78. The number of carbonyl (C=O) groups is 1. The van der Waals surface area contributed by atoms with E-state index in [1.807, 2.05) is 30.3 Å². The highest BCUT2D eigenvalue weighted by Gasteiger charge is 2.30. The fourth-order valence-electron chi connectivity index (χ4n) is 1.78. The second-order valence-electron chi connectivity index (χ2n) is 4.45. The fraction of sp³-hybridized carbons (Fsp3) is 0.188. The number of hydrogen-bond donors (Lipinski definition) is 0. The van der Waals surface area contributed by atoms with E-state index < -0.39 is 17.7 Å². The SMILES string of the molecule is O=C(OCCc1ccccc1)c1ccc(C(F)(F)F)cc1. The third-order valence-electron chi connectivity index (χ3n) is 2.91. The molecule has 0 aliphatic heterocycles. The van der Waals surface area contributed by atoms with Crippen molar-refractivity contribution in [3.63, 3.8) is 0 Å². The lowest BCUT2D eigenvalue weighted by molar-refractivity contribution is -0.137. The van der Waals surface area contributed by atoms with Crippen molar-refractivity contribution < 1.29 is 22.7 Å². The Bertz CT molecular complexity index is 589. The molecule has 0 aliphatic rings. The van der Waals surface area contributed by atoms with Crippen LogP contribution < -0.4 is 0 Å². The predicted molar refractivity (Wildman–Crippen MR) is 71.9 cm³/mol. The van der Waals surface area contributed by atoms with E-state index in [1.165, 1.54) is 0 Å². The Labute approximate surface area is 120 Å². The molecule has 2 nitrogen and oxygen atoms in total. The summed E-state index contributed by atoms with van der Waals surface area (Å²) in [4.78, 5) is 11.7. The first-order valence-corrected chi connectivity index (χ1v) is 6.35. The first-order valence-electron chi connectivity index (χ1n) is 6.35. The van der Waals surface area contributed by atoms with E-state index in [0.29, 0.717) is 6.42 Å². The Morgan fingerprint density at radius 3 is 2.14 bits per heavy atom. The molecule has 0 atom stereocenters. The zero-order valence-electron chi connectivity index (χ0n) is 11.1. The number of rotatable bonds is 4. The number of ether oxygens (including phenoxy) is 1. The van der Waals surface area contributed by atoms with Crippen LogP contribution in [0.5, 0.6) is 0 Å². The summed E-state index contributed by atoms with van der Waals surface area (Å²) in [6, 6.07) is 13.4. The van der Waals surface area contributed by atoms with Crippen LogP contribution in [-0.4, -0.2) is 12.6 Å². The Kier molecular flexibility index (Phi) is 4.62. The lowest BCUT2D eigenvalue weighted by Crippen LogP contribution is -2.09. The van der Waals surface area contributed by atoms with Crippen molar-refractivity contribution in [2.45, 2.75) is 12.6 Å². The number of alkyl halides is 3. The average molecular weight is 294 g/mol. The van der Waals surface area contributed by atoms with Gasteiger partial charge in [-0.25, -0.2) is 4.79 Å². The van der Waals surface area contributed by atoms with Crippen molar-refractivity contribution in [1.29, 1.82) is 0 Å². The van der Waals surface area contributed by atoms with Crippen LogP contribution in [0.1, 0.15) is 21.5 Å². The van der Waals surface area contributed by atoms with Crippen LogP contribution in [0.4, 0.5) is 13.2 Å². The molecule has 0 radical (unpaired) electrons. The van der Waals surface area contributed by atoms with Crippen LogP contribution in [0.15, 0.2) is 54.6 Å². The molecule has 0 aliphatic carbocycles. The van der Waals surface area contributed by atoms with Gasteiger partial charge in [-0.15, -0.1) is 0 Å². The van der Waals surface area contributed by atoms with Gasteiger partial charge in [-0.3, -0.25) is 0 Å². The standard InChI is InChI=1S/C16H13F3O2/c17-16(18,19)14-8-6-13(7-9-14)15(20)21-11-10-12-4-2-1-3-5-12/h1-9H,10-11H2. The summed E-state index contributed by atoms with van der Waals surface area (Å²) in [5, 5.41) is 0. The smallest absolute Gasteiger partial charge is 0.416 e. The summed E-state index contributed by atoms with van der Waals surface area (Å²) in [5.41, 5.74) is 0.345. The summed E-state index contributed by atoms with van der Waals surface area (Å²) in [5.74, 6) is -0.625. The lowest BCUT2D eigenvalue weighted by Gasteiger charge is -2.08. The van der Waals surface area contributed by atoms with E-state index in [0.717, 1.165) is 29.8 Å².